The van der Waals surface area contributed by atoms with Gasteiger partial charge in [-0.15, -0.1) is 11.8 Å². The van der Waals surface area contributed by atoms with Crippen LogP contribution in [0.25, 0.3) is 0 Å². The molecule has 0 aromatic heterocycles. The summed E-state index contributed by atoms with van der Waals surface area (Å²) in [7, 11) is 0. The van der Waals surface area contributed by atoms with E-state index in [9.17, 15) is 5.11 Å². The summed E-state index contributed by atoms with van der Waals surface area (Å²) in [5.41, 5.74) is 8.00. The summed E-state index contributed by atoms with van der Waals surface area (Å²) in [5, 5.41) is 10.2. The van der Waals surface area contributed by atoms with E-state index in [1.165, 1.54) is 12.0 Å². The van der Waals surface area contributed by atoms with Crippen molar-refractivity contribution in [1.29, 1.82) is 0 Å². The summed E-state index contributed by atoms with van der Waals surface area (Å²) in [6.45, 7) is 2.04. The molecule has 1 fully saturated rings. The molecule has 88 valence electrons. The number of hydrogen-bond acceptors (Lipinski definition) is 3. The Labute approximate surface area is 101 Å². The van der Waals surface area contributed by atoms with Gasteiger partial charge in [0.15, 0.2) is 0 Å². The van der Waals surface area contributed by atoms with Gasteiger partial charge in [-0.25, -0.2) is 0 Å². The Balaban J connectivity index is 2.07. The number of aryl methyl sites for hydroxylation is 1. The van der Waals surface area contributed by atoms with E-state index >= 15 is 0 Å². The van der Waals surface area contributed by atoms with E-state index in [0.29, 0.717) is 5.25 Å². The van der Waals surface area contributed by atoms with Crippen molar-refractivity contribution in [2.24, 2.45) is 0 Å². The zero-order chi connectivity index (χ0) is 11.5. The molecule has 1 aliphatic rings. The molecule has 16 heavy (non-hydrogen) atoms. The first-order valence-corrected chi connectivity index (χ1v) is 6.75. The number of rotatable bonds is 2. The fraction of sp³-hybridized carbons (Fsp3) is 0.538. The topological polar surface area (TPSA) is 46.2 Å². The van der Waals surface area contributed by atoms with Crippen molar-refractivity contribution in [1.82, 2.24) is 0 Å². The average molecular weight is 237 g/mol. The first-order chi connectivity index (χ1) is 7.66. The molecule has 0 aliphatic heterocycles. The van der Waals surface area contributed by atoms with Crippen molar-refractivity contribution >= 4 is 17.4 Å². The Bertz CT molecular complexity index is 367. The van der Waals surface area contributed by atoms with Gasteiger partial charge in [0, 0.05) is 15.8 Å². The molecule has 1 aromatic rings. The summed E-state index contributed by atoms with van der Waals surface area (Å²) >= 11 is 1.73. The summed E-state index contributed by atoms with van der Waals surface area (Å²) in [5.74, 6) is 0. The highest BCUT2D eigenvalue weighted by atomic mass is 32.2. The summed E-state index contributed by atoms with van der Waals surface area (Å²) in [4.78, 5) is 1.11. The highest BCUT2D eigenvalue weighted by Crippen LogP contribution is 2.36. The van der Waals surface area contributed by atoms with Crippen LogP contribution in [-0.4, -0.2) is 16.5 Å². The van der Waals surface area contributed by atoms with E-state index in [-0.39, 0.29) is 6.10 Å². The van der Waals surface area contributed by atoms with Crippen LogP contribution in [0.4, 0.5) is 5.69 Å². The van der Waals surface area contributed by atoms with Gasteiger partial charge in [0.05, 0.1) is 6.10 Å². The second-order valence-corrected chi connectivity index (χ2v) is 5.83. The van der Waals surface area contributed by atoms with E-state index in [4.69, 9.17) is 5.73 Å². The van der Waals surface area contributed by atoms with Crippen molar-refractivity contribution in [3.05, 3.63) is 23.8 Å². The molecule has 0 heterocycles. The Morgan fingerprint density at radius 1 is 1.31 bits per heavy atom. The quantitative estimate of drug-likeness (QED) is 0.777. The SMILES string of the molecule is Cc1ccc(SC2CCCCC2O)c(N)c1. The molecule has 1 saturated carbocycles. The number of nitrogen functional groups attached to an aromatic ring is 1. The van der Waals surface area contributed by atoms with Crippen LogP contribution in [0.2, 0.25) is 0 Å². The highest BCUT2D eigenvalue weighted by Gasteiger charge is 2.24. The van der Waals surface area contributed by atoms with Gasteiger partial charge in [-0.3, -0.25) is 0 Å². The van der Waals surface area contributed by atoms with Crippen molar-refractivity contribution in [3.8, 4) is 0 Å². The van der Waals surface area contributed by atoms with Gasteiger partial charge < -0.3 is 10.8 Å². The third kappa shape index (κ3) is 2.71. The molecular weight excluding hydrogens is 218 g/mol. The lowest BCUT2D eigenvalue weighted by atomic mass is 9.97. The standard InChI is InChI=1S/C13H19NOS/c1-9-6-7-12(10(14)8-9)16-13-5-3-2-4-11(13)15/h6-8,11,13,15H,2-5,14H2,1H3. The van der Waals surface area contributed by atoms with Crippen molar-refractivity contribution in [2.45, 2.75) is 48.9 Å². The number of benzene rings is 1. The summed E-state index contributed by atoms with van der Waals surface area (Å²) < 4.78 is 0. The molecule has 2 atom stereocenters. The largest absolute Gasteiger partial charge is 0.398 e. The molecule has 3 N–H and O–H groups in total. The Hall–Kier alpha value is -0.670. The maximum atomic E-state index is 9.91. The number of thioether (sulfide) groups is 1. The third-order valence-corrected chi connectivity index (χ3v) is 4.59. The van der Waals surface area contributed by atoms with Gasteiger partial charge in [0.2, 0.25) is 0 Å². The Kier molecular flexibility index (Phi) is 3.77. The number of nitrogens with two attached hydrogens (primary N) is 1. The van der Waals surface area contributed by atoms with Gasteiger partial charge in [-0.2, -0.15) is 0 Å². The van der Waals surface area contributed by atoms with Crippen LogP contribution in [0.1, 0.15) is 31.2 Å². The highest BCUT2D eigenvalue weighted by molar-refractivity contribution is 8.00. The predicted molar refractivity (Wildman–Crippen MR) is 69.7 cm³/mol. The van der Waals surface area contributed by atoms with Gasteiger partial charge in [0.25, 0.3) is 0 Å². The summed E-state index contributed by atoms with van der Waals surface area (Å²) in [6.07, 6.45) is 4.24. The smallest absolute Gasteiger partial charge is 0.0662 e. The third-order valence-electron chi connectivity index (χ3n) is 3.11. The van der Waals surface area contributed by atoms with Crippen LogP contribution >= 0.6 is 11.8 Å². The van der Waals surface area contributed by atoms with Gasteiger partial charge in [0.1, 0.15) is 0 Å². The first kappa shape index (κ1) is 11.8. The minimum Gasteiger partial charge on any atom is -0.398 e. The first-order valence-electron chi connectivity index (χ1n) is 5.87. The van der Waals surface area contributed by atoms with E-state index in [1.807, 2.05) is 13.0 Å². The van der Waals surface area contributed by atoms with Crippen molar-refractivity contribution in [2.75, 3.05) is 5.73 Å². The summed E-state index contributed by atoms with van der Waals surface area (Å²) in [6, 6.07) is 6.14. The minimum atomic E-state index is -0.167. The fourth-order valence-electron chi connectivity index (χ4n) is 2.15. The number of hydrogen-bond donors (Lipinski definition) is 2. The molecule has 0 spiro atoms. The van der Waals surface area contributed by atoms with Crippen LogP contribution in [0.5, 0.6) is 0 Å². The lowest BCUT2D eigenvalue weighted by molar-refractivity contribution is 0.137. The molecule has 0 amide bonds. The van der Waals surface area contributed by atoms with Gasteiger partial charge in [-0.05, 0) is 37.5 Å². The molecule has 1 aliphatic carbocycles. The second-order valence-electron chi connectivity index (χ2n) is 4.55. The fourth-order valence-corrected chi connectivity index (χ4v) is 3.40. The van der Waals surface area contributed by atoms with Crippen LogP contribution in [-0.2, 0) is 0 Å². The van der Waals surface area contributed by atoms with Gasteiger partial charge >= 0.3 is 0 Å². The maximum absolute atomic E-state index is 9.91. The maximum Gasteiger partial charge on any atom is 0.0662 e. The van der Waals surface area contributed by atoms with Gasteiger partial charge in [-0.1, -0.05) is 18.9 Å². The molecular formula is C13H19NOS. The Morgan fingerprint density at radius 2 is 2.06 bits per heavy atom. The van der Waals surface area contributed by atoms with E-state index in [1.54, 1.807) is 11.8 Å². The second kappa shape index (κ2) is 5.11. The molecule has 2 rings (SSSR count). The van der Waals surface area contributed by atoms with Crippen LogP contribution < -0.4 is 5.73 Å². The van der Waals surface area contributed by atoms with Crippen molar-refractivity contribution in [3.63, 3.8) is 0 Å². The lowest BCUT2D eigenvalue weighted by Crippen LogP contribution is -2.26. The van der Waals surface area contributed by atoms with E-state index in [2.05, 4.69) is 12.1 Å². The molecule has 0 bridgehead atoms. The number of aliphatic hydroxyl groups is 1. The van der Waals surface area contributed by atoms with E-state index in [0.717, 1.165) is 29.8 Å². The molecule has 0 radical (unpaired) electrons. The monoisotopic (exact) mass is 237 g/mol. The van der Waals surface area contributed by atoms with Crippen LogP contribution in [0.15, 0.2) is 23.1 Å². The normalized spacial score (nSPS) is 25.6. The van der Waals surface area contributed by atoms with Crippen LogP contribution in [0, 0.1) is 6.92 Å². The zero-order valence-corrected chi connectivity index (χ0v) is 10.5. The number of aliphatic hydroxyl groups excluding tert-OH is 1. The van der Waals surface area contributed by atoms with E-state index < -0.39 is 0 Å². The lowest BCUT2D eigenvalue weighted by Gasteiger charge is -2.27. The molecule has 1 aromatic carbocycles. The predicted octanol–water partition coefficient (Wildman–Crippen LogP) is 2.97. The number of anilines is 1. The molecule has 3 heteroatoms. The molecule has 2 nitrogen and oxygen atoms in total. The Morgan fingerprint density at radius 3 is 2.75 bits per heavy atom. The average Bonchev–Trinajstić information content (AvgIpc) is 2.25. The molecule has 2 unspecified atom stereocenters. The van der Waals surface area contributed by atoms with Crippen LogP contribution in [0.3, 0.4) is 0 Å². The zero-order valence-electron chi connectivity index (χ0n) is 9.65. The van der Waals surface area contributed by atoms with Crippen molar-refractivity contribution < 1.29 is 5.11 Å². The minimum absolute atomic E-state index is 0.167. The molecule has 0 saturated heterocycles.